The predicted molar refractivity (Wildman–Crippen MR) is 93.9 cm³/mol. The lowest BCUT2D eigenvalue weighted by Gasteiger charge is -2.20. The van der Waals surface area contributed by atoms with Gasteiger partial charge < -0.3 is 20.1 Å². The molecular weight excluding hydrogens is 328 g/mol. The molecule has 0 radical (unpaired) electrons. The van der Waals surface area contributed by atoms with E-state index in [4.69, 9.17) is 21.1 Å². The number of methoxy groups -OCH3 is 1. The highest BCUT2D eigenvalue weighted by Gasteiger charge is 2.30. The van der Waals surface area contributed by atoms with Gasteiger partial charge in [0.2, 0.25) is 0 Å². The number of benzene rings is 2. The van der Waals surface area contributed by atoms with Crippen LogP contribution in [0.4, 0.5) is 10.5 Å². The lowest BCUT2D eigenvalue weighted by Crippen LogP contribution is -2.41. The van der Waals surface area contributed by atoms with Gasteiger partial charge in [-0.25, -0.2) is 4.79 Å². The van der Waals surface area contributed by atoms with Gasteiger partial charge in [0.25, 0.3) is 0 Å². The Hall–Kier alpha value is -2.24. The van der Waals surface area contributed by atoms with Gasteiger partial charge in [-0.3, -0.25) is 0 Å². The molecule has 2 atom stereocenters. The number of hydrogen-bond donors (Lipinski definition) is 2. The van der Waals surface area contributed by atoms with Gasteiger partial charge in [-0.1, -0.05) is 23.7 Å². The molecule has 0 aromatic heterocycles. The van der Waals surface area contributed by atoms with Gasteiger partial charge in [-0.2, -0.15) is 0 Å². The predicted octanol–water partition coefficient (Wildman–Crippen LogP) is 3.65. The second-order valence-electron chi connectivity index (χ2n) is 5.63. The van der Waals surface area contributed by atoms with E-state index in [9.17, 15) is 4.79 Å². The van der Waals surface area contributed by atoms with Crippen molar-refractivity contribution in [2.75, 3.05) is 25.6 Å². The molecule has 2 unspecified atom stereocenters. The molecule has 1 saturated heterocycles. The molecular formula is C18H19ClN2O3. The van der Waals surface area contributed by atoms with Gasteiger partial charge in [0, 0.05) is 16.6 Å². The first-order chi connectivity index (χ1) is 11.7. The smallest absolute Gasteiger partial charge is 0.319 e. The van der Waals surface area contributed by atoms with E-state index in [1.54, 1.807) is 31.4 Å². The van der Waals surface area contributed by atoms with Crippen molar-refractivity contribution in [3.8, 4) is 5.75 Å². The number of urea groups is 1. The number of anilines is 1. The summed E-state index contributed by atoms with van der Waals surface area (Å²) < 4.78 is 10.7. The molecule has 0 aliphatic carbocycles. The van der Waals surface area contributed by atoms with Crippen molar-refractivity contribution in [1.29, 1.82) is 0 Å². The minimum Gasteiger partial charge on any atom is -0.497 e. The third-order valence-corrected chi connectivity index (χ3v) is 4.30. The van der Waals surface area contributed by atoms with Crippen molar-refractivity contribution >= 4 is 23.3 Å². The second-order valence-corrected chi connectivity index (χ2v) is 6.07. The normalized spacial score (nSPS) is 19.8. The van der Waals surface area contributed by atoms with E-state index in [1.165, 1.54) is 0 Å². The number of rotatable bonds is 4. The summed E-state index contributed by atoms with van der Waals surface area (Å²) >= 11 is 5.84. The lowest BCUT2D eigenvalue weighted by molar-refractivity contribution is 0.187. The fourth-order valence-electron chi connectivity index (χ4n) is 2.74. The van der Waals surface area contributed by atoms with Crippen LogP contribution in [0.2, 0.25) is 5.02 Å². The zero-order chi connectivity index (χ0) is 16.9. The molecule has 0 spiro atoms. The van der Waals surface area contributed by atoms with Crippen molar-refractivity contribution < 1.29 is 14.3 Å². The number of hydrogen-bond acceptors (Lipinski definition) is 3. The Morgan fingerprint density at radius 3 is 2.50 bits per heavy atom. The van der Waals surface area contributed by atoms with Crippen molar-refractivity contribution in [3.05, 3.63) is 59.1 Å². The monoisotopic (exact) mass is 346 g/mol. The average molecular weight is 347 g/mol. The zero-order valence-corrected chi connectivity index (χ0v) is 14.0. The van der Waals surface area contributed by atoms with E-state index in [0.29, 0.717) is 23.9 Å². The maximum absolute atomic E-state index is 12.2. The molecule has 1 aliphatic heterocycles. The molecule has 2 aromatic carbocycles. The number of carbonyl (C=O) groups excluding carboxylic acids is 1. The molecule has 0 saturated carbocycles. The molecule has 24 heavy (non-hydrogen) atoms. The fraction of sp³-hybridized carbons (Fsp3) is 0.278. The van der Waals surface area contributed by atoms with E-state index in [-0.39, 0.29) is 18.0 Å². The van der Waals surface area contributed by atoms with Crippen LogP contribution in [0.5, 0.6) is 5.75 Å². The third-order valence-electron chi connectivity index (χ3n) is 4.04. The number of halogens is 1. The van der Waals surface area contributed by atoms with Crippen LogP contribution in [0.15, 0.2) is 48.5 Å². The highest BCUT2D eigenvalue weighted by Crippen LogP contribution is 2.27. The van der Waals surface area contributed by atoms with E-state index in [2.05, 4.69) is 10.6 Å². The molecule has 0 bridgehead atoms. The third kappa shape index (κ3) is 3.99. The van der Waals surface area contributed by atoms with Crippen molar-refractivity contribution in [2.45, 2.75) is 12.0 Å². The Bertz CT molecular complexity index is 688. The lowest BCUT2D eigenvalue weighted by atomic mass is 9.94. The summed E-state index contributed by atoms with van der Waals surface area (Å²) in [6.45, 7) is 1.07. The van der Waals surface area contributed by atoms with E-state index in [0.717, 1.165) is 11.3 Å². The second kappa shape index (κ2) is 7.55. The molecule has 126 valence electrons. The maximum atomic E-state index is 12.2. The van der Waals surface area contributed by atoms with E-state index in [1.807, 2.05) is 24.3 Å². The van der Waals surface area contributed by atoms with Crippen molar-refractivity contribution in [3.63, 3.8) is 0 Å². The summed E-state index contributed by atoms with van der Waals surface area (Å²) in [7, 11) is 1.64. The van der Waals surface area contributed by atoms with Crippen molar-refractivity contribution in [2.24, 2.45) is 0 Å². The molecule has 1 heterocycles. The zero-order valence-electron chi connectivity index (χ0n) is 13.3. The Morgan fingerprint density at radius 2 is 1.83 bits per heavy atom. The quantitative estimate of drug-likeness (QED) is 0.888. The van der Waals surface area contributed by atoms with Gasteiger partial charge in [0.15, 0.2) is 0 Å². The molecule has 1 aliphatic rings. The summed E-state index contributed by atoms with van der Waals surface area (Å²) in [5.41, 5.74) is 1.81. The van der Waals surface area contributed by atoms with Crippen LogP contribution in [0, 0.1) is 0 Å². The highest BCUT2D eigenvalue weighted by molar-refractivity contribution is 6.30. The molecule has 2 N–H and O–H groups in total. The number of nitrogens with one attached hydrogen (secondary N) is 2. The SMILES string of the molecule is COc1ccc(C2COCC2NC(=O)Nc2ccc(Cl)cc2)cc1. The molecule has 1 fully saturated rings. The fourth-order valence-corrected chi connectivity index (χ4v) is 2.87. The first-order valence-corrected chi connectivity index (χ1v) is 8.08. The Kier molecular flexibility index (Phi) is 5.23. The van der Waals surface area contributed by atoms with Gasteiger partial charge >= 0.3 is 6.03 Å². The van der Waals surface area contributed by atoms with E-state index >= 15 is 0 Å². The minimum atomic E-state index is -0.258. The first kappa shape index (κ1) is 16.6. The van der Waals surface area contributed by atoms with Crippen LogP contribution in [-0.2, 0) is 4.74 Å². The Labute approximate surface area is 145 Å². The van der Waals surface area contributed by atoms with Crippen LogP contribution >= 0.6 is 11.6 Å². The summed E-state index contributed by atoms with van der Waals surface area (Å²) in [5, 5.41) is 6.41. The standard InChI is InChI=1S/C18H19ClN2O3/c1-23-15-8-2-12(3-9-15)16-10-24-11-17(16)21-18(22)20-14-6-4-13(19)5-7-14/h2-9,16-17H,10-11H2,1H3,(H2,20,21,22). The Morgan fingerprint density at radius 1 is 1.12 bits per heavy atom. The summed E-state index contributed by atoms with van der Waals surface area (Å²) in [6.07, 6.45) is 0. The van der Waals surface area contributed by atoms with Gasteiger partial charge in [-0.15, -0.1) is 0 Å². The van der Waals surface area contributed by atoms with E-state index < -0.39 is 0 Å². The van der Waals surface area contributed by atoms with Crippen molar-refractivity contribution in [1.82, 2.24) is 5.32 Å². The minimum absolute atomic E-state index is 0.0781. The Balaban J connectivity index is 1.62. The molecule has 6 heteroatoms. The van der Waals surface area contributed by atoms with Gasteiger partial charge in [0.1, 0.15) is 5.75 Å². The molecule has 2 amide bonds. The topological polar surface area (TPSA) is 59.6 Å². The number of ether oxygens (including phenoxy) is 2. The molecule has 3 rings (SSSR count). The van der Waals surface area contributed by atoms with Crippen LogP contribution in [-0.4, -0.2) is 32.4 Å². The maximum Gasteiger partial charge on any atom is 0.319 e. The van der Waals surface area contributed by atoms with Crippen LogP contribution < -0.4 is 15.4 Å². The summed E-state index contributed by atoms with van der Waals surface area (Å²) in [4.78, 5) is 12.2. The van der Waals surface area contributed by atoms with Crippen LogP contribution in [0.3, 0.4) is 0 Å². The van der Waals surface area contributed by atoms with Gasteiger partial charge in [-0.05, 0) is 42.0 Å². The molecule has 5 nitrogen and oxygen atoms in total. The average Bonchev–Trinajstić information content (AvgIpc) is 3.05. The van der Waals surface area contributed by atoms with Crippen LogP contribution in [0.1, 0.15) is 11.5 Å². The van der Waals surface area contributed by atoms with Gasteiger partial charge in [0.05, 0.1) is 26.4 Å². The first-order valence-electron chi connectivity index (χ1n) is 7.70. The number of amides is 2. The summed E-state index contributed by atoms with van der Waals surface area (Å²) in [6, 6.07) is 14.5. The molecule has 2 aromatic rings. The largest absolute Gasteiger partial charge is 0.497 e. The summed E-state index contributed by atoms with van der Waals surface area (Å²) in [5.74, 6) is 0.925. The highest BCUT2D eigenvalue weighted by atomic mass is 35.5. The number of carbonyl (C=O) groups is 1. The van der Waals surface area contributed by atoms with Crippen LogP contribution in [0.25, 0.3) is 0 Å².